The normalized spacial score (nSPS) is 11.2. The number of hydrogen-bond acceptors (Lipinski definition) is 4. The zero-order chi connectivity index (χ0) is 16.0. The number of pyridine rings is 1. The molecule has 22 heavy (non-hydrogen) atoms. The van der Waals surface area contributed by atoms with Crippen LogP contribution in [0.25, 0.3) is 11.3 Å². The molecule has 0 atom stereocenters. The average Bonchev–Trinajstić information content (AvgIpc) is 2.60. The largest absolute Gasteiger partial charge is 0.394 e. The molecule has 0 saturated heterocycles. The maximum absolute atomic E-state index is 12.3. The summed E-state index contributed by atoms with van der Waals surface area (Å²) >= 11 is 0. The van der Waals surface area contributed by atoms with Crippen LogP contribution in [0.5, 0.6) is 0 Å². The smallest absolute Gasteiger partial charge is 0.270 e. The molecule has 0 unspecified atom stereocenters. The van der Waals surface area contributed by atoms with Crippen molar-refractivity contribution in [2.24, 2.45) is 0 Å². The van der Waals surface area contributed by atoms with E-state index in [0.29, 0.717) is 12.1 Å². The second-order valence-corrected chi connectivity index (χ2v) is 5.18. The Balaban J connectivity index is 2.24. The van der Waals surface area contributed by atoms with E-state index < -0.39 is 11.4 Å². The molecule has 2 rings (SSSR count). The molecule has 1 aromatic carbocycles. The van der Waals surface area contributed by atoms with Crippen molar-refractivity contribution in [2.45, 2.75) is 18.9 Å². The van der Waals surface area contributed by atoms with Gasteiger partial charge in [0.2, 0.25) is 0 Å². The Morgan fingerprint density at radius 1 is 1.09 bits per heavy atom. The summed E-state index contributed by atoms with van der Waals surface area (Å²) in [5, 5.41) is 21.5. The van der Waals surface area contributed by atoms with Crippen LogP contribution < -0.4 is 5.32 Å². The first-order valence-electron chi connectivity index (χ1n) is 7.21. The van der Waals surface area contributed by atoms with E-state index in [-0.39, 0.29) is 18.9 Å². The Morgan fingerprint density at radius 2 is 1.77 bits per heavy atom. The summed E-state index contributed by atoms with van der Waals surface area (Å²) in [5.74, 6) is -0.414. The van der Waals surface area contributed by atoms with Gasteiger partial charge >= 0.3 is 0 Å². The van der Waals surface area contributed by atoms with Crippen molar-refractivity contribution in [3.8, 4) is 11.3 Å². The van der Waals surface area contributed by atoms with Crippen LogP contribution in [0, 0.1) is 0 Å². The van der Waals surface area contributed by atoms with Crippen molar-refractivity contribution in [1.82, 2.24) is 10.3 Å². The quantitative estimate of drug-likeness (QED) is 0.757. The zero-order valence-electron chi connectivity index (χ0n) is 12.5. The number of aliphatic hydroxyl groups is 2. The van der Waals surface area contributed by atoms with Crippen molar-refractivity contribution >= 4 is 5.91 Å². The second kappa shape index (κ2) is 7.15. The number of benzene rings is 1. The van der Waals surface area contributed by atoms with Gasteiger partial charge in [-0.25, -0.2) is 4.98 Å². The fraction of sp³-hybridized carbons (Fsp3) is 0.294. The average molecular weight is 300 g/mol. The molecule has 5 nitrogen and oxygen atoms in total. The molecule has 0 aliphatic rings. The van der Waals surface area contributed by atoms with E-state index in [2.05, 4.69) is 10.3 Å². The second-order valence-electron chi connectivity index (χ2n) is 5.18. The number of carbonyl (C=O) groups excluding carboxylic acids is 1. The standard InChI is InChI=1S/C17H20N2O3/c1-2-17(11-20,12-21)19-16(22)15-10-6-9-14(18-15)13-7-4-3-5-8-13/h3-10,20-21H,2,11-12H2,1H3,(H,19,22). The summed E-state index contributed by atoms with van der Waals surface area (Å²) in [4.78, 5) is 16.7. The molecule has 1 aromatic heterocycles. The van der Waals surface area contributed by atoms with Crippen molar-refractivity contribution in [1.29, 1.82) is 0 Å². The highest BCUT2D eigenvalue weighted by atomic mass is 16.3. The third-order valence-electron chi connectivity index (χ3n) is 3.71. The fourth-order valence-electron chi connectivity index (χ4n) is 2.08. The molecule has 0 spiro atoms. The molecule has 3 N–H and O–H groups in total. The lowest BCUT2D eigenvalue weighted by Gasteiger charge is -2.29. The van der Waals surface area contributed by atoms with Gasteiger partial charge in [0.25, 0.3) is 5.91 Å². The highest BCUT2D eigenvalue weighted by molar-refractivity contribution is 5.93. The molecule has 0 aliphatic carbocycles. The molecule has 1 heterocycles. The minimum absolute atomic E-state index is 0.251. The number of aliphatic hydroxyl groups excluding tert-OH is 2. The number of amides is 1. The van der Waals surface area contributed by atoms with Gasteiger partial charge in [-0.1, -0.05) is 43.3 Å². The van der Waals surface area contributed by atoms with Gasteiger partial charge in [-0.3, -0.25) is 4.79 Å². The molecule has 116 valence electrons. The van der Waals surface area contributed by atoms with Crippen molar-refractivity contribution in [3.63, 3.8) is 0 Å². The predicted molar refractivity (Wildman–Crippen MR) is 84.3 cm³/mol. The summed E-state index contributed by atoms with van der Waals surface area (Å²) in [5.41, 5.74) is 0.842. The zero-order valence-corrected chi connectivity index (χ0v) is 12.5. The Hall–Kier alpha value is -2.24. The number of hydrogen-bond donors (Lipinski definition) is 3. The third kappa shape index (κ3) is 3.50. The first-order valence-corrected chi connectivity index (χ1v) is 7.21. The lowest BCUT2D eigenvalue weighted by Crippen LogP contribution is -2.53. The maximum Gasteiger partial charge on any atom is 0.270 e. The summed E-state index contributed by atoms with van der Waals surface area (Å²) in [6, 6.07) is 14.8. The minimum Gasteiger partial charge on any atom is -0.394 e. The Morgan fingerprint density at radius 3 is 2.36 bits per heavy atom. The number of nitrogens with zero attached hydrogens (tertiary/aromatic N) is 1. The van der Waals surface area contributed by atoms with Gasteiger partial charge < -0.3 is 15.5 Å². The first kappa shape index (κ1) is 16.1. The van der Waals surface area contributed by atoms with Crippen LogP contribution in [0.1, 0.15) is 23.8 Å². The van der Waals surface area contributed by atoms with E-state index in [4.69, 9.17) is 0 Å². The van der Waals surface area contributed by atoms with Crippen molar-refractivity contribution in [3.05, 3.63) is 54.2 Å². The van der Waals surface area contributed by atoms with Gasteiger partial charge in [-0.2, -0.15) is 0 Å². The fourth-order valence-corrected chi connectivity index (χ4v) is 2.08. The Labute approximate surface area is 129 Å². The van der Waals surface area contributed by atoms with Gasteiger partial charge in [0, 0.05) is 5.56 Å². The van der Waals surface area contributed by atoms with E-state index in [0.717, 1.165) is 5.56 Å². The van der Waals surface area contributed by atoms with Crippen LogP contribution in [0.4, 0.5) is 0 Å². The predicted octanol–water partition coefficient (Wildman–Crippen LogP) is 1.61. The molecule has 0 saturated carbocycles. The molecule has 2 aromatic rings. The van der Waals surface area contributed by atoms with E-state index in [1.165, 1.54) is 0 Å². The van der Waals surface area contributed by atoms with E-state index in [1.807, 2.05) is 36.4 Å². The van der Waals surface area contributed by atoms with Gasteiger partial charge in [-0.15, -0.1) is 0 Å². The Bertz CT molecular complexity index is 617. The summed E-state index contributed by atoms with van der Waals surface area (Å²) in [7, 11) is 0. The van der Waals surface area contributed by atoms with Crippen LogP contribution in [-0.2, 0) is 0 Å². The number of carbonyl (C=O) groups is 1. The lowest BCUT2D eigenvalue weighted by atomic mass is 9.98. The molecule has 0 fully saturated rings. The number of rotatable bonds is 6. The summed E-state index contributed by atoms with van der Waals surface area (Å²) < 4.78 is 0. The molecule has 5 heteroatoms. The molecule has 0 radical (unpaired) electrons. The monoisotopic (exact) mass is 300 g/mol. The van der Waals surface area contributed by atoms with Crippen LogP contribution in [0.3, 0.4) is 0 Å². The molecule has 1 amide bonds. The van der Waals surface area contributed by atoms with Gasteiger partial charge in [0.1, 0.15) is 5.69 Å². The summed E-state index contributed by atoms with van der Waals surface area (Å²) in [6.45, 7) is 1.13. The van der Waals surface area contributed by atoms with E-state index in [1.54, 1.807) is 19.1 Å². The maximum atomic E-state index is 12.3. The topological polar surface area (TPSA) is 82.5 Å². The molecule has 0 bridgehead atoms. The molecular weight excluding hydrogens is 280 g/mol. The Kier molecular flexibility index (Phi) is 5.25. The van der Waals surface area contributed by atoms with Crippen molar-refractivity contribution in [2.75, 3.05) is 13.2 Å². The van der Waals surface area contributed by atoms with E-state index in [9.17, 15) is 15.0 Å². The first-order chi connectivity index (χ1) is 10.6. The van der Waals surface area contributed by atoms with Crippen LogP contribution in [0.2, 0.25) is 0 Å². The molecule has 0 aliphatic heterocycles. The van der Waals surface area contributed by atoms with Gasteiger partial charge in [0.15, 0.2) is 0 Å². The highest BCUT2D eigenvalue weighted by Crippen LogP contribution is 2.17. The minimum atomic E-state index is -1.03. The third-order valence-corrected chi connectivity index (χ3v) is 3.71. The number of aromatic nitrogens is 1. The van der Waals surface area contributed by atoms with Crippen molar-refractivity contribution < 1.29 is 15.0 Å². The van der Waals surface area contributed by atoms with Crippen LogP contribution in [0.15, 0.2) is 48.5 Å². The SMILES string of the molecule is CCC(CO)(CO)NC(=O)c1cccc(-c2ccccc2)n1. The van der Waals surface area contributed by atoms with Gasteiger partial charge in [0.05, 0.1) is 24.4 Å². The van der Waals surface area contributed by atoms with Gasteiger partial charge in [-0.05, 0) is 18.6 Å². The van der Waals surface area contributed by atoms with Crippen LogP contribution >= 0.6 is 0 Å². The highest BCUT2D eigenvalue weighted by Gasteiger charge is 2.29. The summed E-state index contributed by atoms with van der Waals surface area (Å²) in [6.07, 6.45) is 0.421. The number of nitrogens with one attached hydrogen (secondary N) is 1. The lowest BCUT2D eigenvalue weighted by molar-refractivity contribution is 0.0649. The molecular formula is C17H20N2O3. The van der Waals surface area contributed by atoms with Crippen LogP contribution in [-0.4, -0.2) is 39.9 Å². The van der Waals surface area contributed by atoms with E-state index >= 15 is 0 Å².